The molecular weight excluding hydrogens is 464 g/mol. The topological polar surface area (TPSA) is 78.7 Å². The summed E-state index contributed by atoms with van der Waals surface area (Å²) in [6, 6.07) is 22.5. The standard InChI is InChI=1S/C27H27ClN4O3/c1-18(19-5-3-2-4-6-19)29-27(33)24-16-20-15-23(32(34)35)11-12-25(20)31-14-13-30(17-26(24)31)22-9-7-21(28)8-10-22/h2-12,15,18,24,26H,13-14,16-17H2,1H3,(H,29,33)/t18-,24+,26+/m0/s1. The first-order valence-corrected chi connectivity index (χ1v) is 12.2. The van der Waals surface area contributed by atoms with Gasteiger partial charge in [0.15, 0.2) is 0 Å². The molecule has 1 saturated heterocycles. The quantitative estimate of drug-likeness (QED) is 0.402. The van der Waals surface area contributed by atoms with Gasteiger partial charge in [0.25, 0.3) is 5.69 Å². The molecule has 0 saturated carbocycles. The van der Waals surface area contributed by atoms with Crippen LogP contribution >= 0.6 is 11.6 Å². The van der Waals surface area contributed by atoms with Crippen molar-refractivity contribution in [2.75, 3.05) is 29.4 Å². The van der Waals surface area contributed by atoms with Crippen molar-refractivity contribution in [3.63, 3.8) is 0 Å². The van der Waals surface area contributed by atoms with E-state index in [1.807, 2.05) is 67.6 Å². The van der Waals surface area contributed by atoms with Crippen LogP contribution in [0.25, 0.3) is 0 Å². The molecule has 0 bridgehead atoms. The average molecular weight is 491 g/mol. The summed E-state index contributed by atoms with van der Waals surface area (Å²) in [4.78, 5) is 29.2. The molecule has 3 aromatic carbocycles. The lowest BCUT2D eigenvalue weighted by Crippen LogP contribution is -2.61. The number of anilines is 2. The molecule has 1 N–H and O–H groups in total. The lowest BCUT2D eigenvalue weighted by molar-refractivity contribution is -0.384. The highest BCUT2D eigenvalue weighted by atomic mass is 35.5. The molecular formula is C27H27ClN4O3. The van der Waals surface area contributed by atoms with Crippen LogP contribution in [0, 0.1) is 16.0 Å². The number of nitrogens with zero attached hydrogens (tertiary/aromatic N) is 3. The van der Waals surface area contributed by atoms with Gasteiger partial charge in [-0.2, -0.15) is 0 Å². The number of hydrogen-bond donors (Lipinski definition) is 1. The van der Waals surface area contributed by atoms with Crippen molar-refractivity contribution in [2.24, 2.45) is 5.92 Å². The Morgan fingerprint density at radius 2 is 1.83 bits per heavy atom. The highest BCUT2D eigenvalue weighted by molar-refractivity contribution is 6.30. The number of fused-ring (bicyclic) bond motifs is 3. The predicted octanol–water partition coefficient (Wildman–Crippen LogP) is 4.99. The number of piperazine rings is 1. The van der Waals surface area contributed by atoms with Crippen LogP contribution in [0.5, 0.6) is 0 Å². The summed E-state index contributed by atoms with van der Waals surface area (Å²) >= 11 is 6.09. The van der Waals surface area contributed by atoms with E-state index in [9.17, 15) is 14.9 Å². The molecule has 8 heteroatoms. The zero-order valence-corrected chi connectivity index (χ0v) is 20.2. The van der Waals surface area contributed by atoms with E-state index in [1.165, 1.54) is 0 Å². The molecule has 35 heavy (non-hydrogen) atoms. The van der Waals surface area contributed by atoms with Gasteiger partial charge in [-0.25, -0.2) is 0 Å². The summed E-state index contributed by atoms with van der Waals surface area (Å²) in [5.41, 5.74) is 3.99. The summed E-state index contributed by atoms with van der Waals surface area (Å²) in [6.45, 7) is 4.16. The van der Waals surface area contributed by atoms with Crippen molar-refractivity contribution in [2.45, 2.75) is 25.4 Å². The maximum atomic E-state index is 13.6. The van der Waals surface area contributed by atoms with E-state index < -0.39 is 0 Å². The lowest BCUT2D eigenvalue weighted by atomic mass is 9.82. The van der Waals surface area contributed by atoms with Crippen molar-refractivity contribution in [1.29, 1.82) is 0 Å². The van der Waals surface area contributed by atoms with E-state index in [-0.39, 0.29) is 34.5 Å². The molecule has 3 atom stereocenters. The summed E-state index contributed by atoms with van der Waals surface area (Å²) in [6.07, 6.45) is 0.458. The number of carbonyl (C=O) groups excluding carboxylic acids is 1. The number of rotatable bonds is 5. The van der Waals surface area contributed by atoms with E-state index in [1.54, 1.807) is 12.1 Å². The molecule has 2 aliphatic rings. The Morgan fingerprint density at radius 1 is 1.09 bits per heavy atom. The molecule has 5 rings (SSSR count). The van der Waals surface area contributed by atoms with Crippen molar-refractivity contribution >= 4 is 34.6 Å². The molecule has 2 heterocycles. The van der Waals surface area contributed by atoms with Crippen molar-refractivity contribution in [3.8, 4) is 0 Å². The number of nitro groups is 1. The van der Waals surface area contributed by atoms with E-state index in [0.717, 1.165) is 35.6 Å². The van der Waals surface area contributed by atoms with Crippen LogP contribution in [-0.4, -0.2) is 36.5 Å². The minimum atomic E-state index is -0.378. The number of carbonyl (C=O) groups is 1. The normalized spacial score (nSPS) is 19.9. The highest BCUT2D eigenvalue weighted by Crippen LogP contribution is 2.39. The Labute approximate surface area is 209 Å². The zero-order valence-electron chi connectivity index (χ0n) is 19.4. The van der Waals surface area contributed by atoms with E-state index in [0.29, 0.717) is 18.0 Å². The van der Waals surface area contributed by atoms with Gasteiger partial charge in [0.2, 0.25) is 5.91 Å². The SMILES string of the molecule is C[C@H](NC(=O)[C@@H]1Cc2cc([N+](=O)[O-])ccc2N2CCN(c3ccc(Cl)cc3)C[C@H]12)c1ccccc1. The first-order chi connectivity index (χ1) is 16.9. The van der Waals surface area contributed by atoms with Crippen LogP contribution < -0.4 is 15.1 Å². The monoisotopic (exact) mass is 490 g/mol. The second kappa shape index (κ2) is 9.58. The van der Waals surface area contributed by atoms with Gasteiger partial charge in [-0.1, -0.05) is 41.9 Å². The molecule has 3 aromatic rings. The minimum Gasteiger partial charge on any atom is -0.368 e. The largest absolute Gasteiger partial charge is 0.368 e. The summed E-state index contributed by atoms with van der Waals surface area (Å²) < 4.78 is 0. The maximum Gasteiger partial charge on any atom is 0.269 e. The molecule has 1 amide bonds. The fourth-order valence-electron chi connectivity index (χ4n) is 5.25. The average Bonchev–Trinajstić information content (AvgIpc) is 2.88. The summed E-state index contributed by atoms with van der Waals surface area (Å²) in [5.74, 6) is -0.378. The first-order valence-electron chi connectivity index (χ1n) is 11.8. The zero-order chi connectivity index (χ0) is 24.5. The molecule has 0 unspecified atom stereocenters. The van der Waals surface area contributed by atoms with Gasteiger partial charge >= 0.3 is 0 Å². The molecule has 0 aromatic heterocycles. The van der Waals surface area contributed by atoms with E-state index in [2.05, 4.69) is 15.1 Å². The fraction of sp³-hybridized carbons (Fsp3) is 0.296. The Bertz CT molecular complexity index is 1230. The number of nitro benzene ring substituents is 1. The van der Waals surface area contributed by atoms with Crippen LogP contribution in [0.3, 0.4) is 0 Å². The number of amides is 1. The van der Waals surface area contributed by atoms with Gasteiger partial charge in [0.1, 0.15) is 0 Å². The van der Waals surface area contributed by atoms with E-state index >= 15 is 0 Å². The summed E-state index contributed by atoms with van der Waals surface area (Å²) in [5, 5.41) is 15.3. The number of non-ortho nitro benzene ring substituents is 1. The van der Waals surface area contributed by atoms with Gasteiger partial charge in [-0.15, -0.1) is 0 Å². The fourth-order valence-corrected chi connectivity index (χ4v) is 5.38. The van der Waals surface area contributed by atoms with Gasteiger partial charge in [0, 0.05) is 48.2 Å². The molecule has 2 aliphatic heterocycles. The first kappa shape index (κ1) is 23.2. The van der Waals surface area contributed by atoms with Crippen molar-refractivity contribution < 1.29 is 9.72 Å². The van der Waals surface area contributed by atoms with Crippen LogP contribution in [-0.2, 0) is 11.2 Å². The molecule has 0 spiro atoms. The van der Waals surface area contributed by atoms with Crippen molar-refractivity contribution in [3.05, 3.63) is 99.1 Å². The van der Waals surface area contributed by atoms with Crippen LogP contribution in [0.15, 0.2) is 72.8 Å². The summed E-state index contributed by atoms with van der Waals surface area (Å²) in [7, 11) is 0. The Morgan fingerprint density at radius 3 is 2.54 bits per heavy atom. The smallest absolute Gasteiger partial charge is 0.269 e. The Kier molecular flexibility index (Phi) is 6.34. The van der Waals surface area contributed by atoms with Gasteiger partial charge < -0.3 is 15.1 Å². The van der Waals surface area contributed by atoms with E-state index in [4.69, 9.17) is 11.6 Å². The molecule has 1 fully saturated rings. The second-order valence-electron chi connectivity index (χ2n) is 9.20. The number of halogens is 1. The number of nitrogens with one attached hydrogen (secondary N) is 1. The Hall–Kier alpha value is -3.58. The van der Waals surface area contributed by atoms with Crippen LogP contribution in [0.4, 0.5) is 17.1 Å². The third-order valence-electron chi connectivity index (χ3n) is 7.09. The molecule has 0 radical (unpaired) electrons. The third-order valence-corrected chi connectivity index (χ3v) is 7.35. The molecule has 180 valence electrons. The minimum absolute atomic E-state index is 0.0357. The molecule has 7 nitrogen and oxygen atoms in total. The van der Waals surface area contributed by atoms with Gasteiger partial charge in [0.05, 0.1) is 22.9 Å². The number of benzene rings is 3. The van der Waals surface area contributed by atoms with Crippen LogP contribution in [0.1, 0.15) is 24.1 Å². The Balaban J connectivity index is 1.45. The predicted molar refractivity (Wildman–Crippen MR) is 138 cm³/mol. The van der Waals surface area contributed by atoms with Crippen LogP contribution in [0.2, 0.25) is 5.02 Å². The second-order valence-corrected chi connectivity index (χ2v) is 9.64. The van der Waals surface area contributed by atoms with Crippen molar-refractivity contribution in [1.82, 2.24) is 5.32 Å². The highest BCUT2D eigenvalue weighted by Gasteiger charge is 2.42. The lowest BCUT2D eigenvalue weighted by Gasteiger charge is -2.49. The maximum absolute atomic E-state index is 13.6. The number of hydrogen-bond acceptors (Lipinski definition) is 5. The van der Waals surface area contributed by atoms with Gasteiger partial charge in [-0.3, -0.25) is 14.9 Å². The van der Waals surface area contributed by atoms with Gasteiger partial charge in [-0.05, 0) is 54.8 Å². The third kappa shape index (κ3) is 4.68. The molecule has 0 aliphatic carbocycles.